The molecule has 3 heteroatoms. The highest BCUT2D eigenvalue weighted by Crippen LogP contribution is 2.36. The van der Waals surface area contributed by atoms with E-state index in [1.165, 1.54) is 51.4 Å². The minimum absolute atomic E-state index is 0.323. The van der Waals surface area contributed by atoms with Crippen molar-refractivity contribution in [3.8, 4) is 0 Å². The van der Waals surface area contributed by atoms with Crippen LogP contribution in [0.5, 0.6) is 0 Å². The maximum Gasteiger partial charge on any atom is 0.191 e. The Balaban J connectivity index is 2.03. The summed E-state index contributed by atoms with van der Waals surface area (Å²) in [6, 6.07) is 4.23. The Bertz CT molecular complexity index is 523. The van der Waals surface area contributed by atoms with E-state index in [1.54, 1.807) is 0 Å². The molecule has 0 bridgehead atoms. The van der Waals surface area contributed by atoms with Crippen molar-refractivity contribution in [1.82, 2.24) is 0 Å². The number of allylic oxidation sites excluding steroid dienone is 1. The van der Waals surface area contributed by atoms with Gasteiger partial charge in [0, 0.05) is 13.0 Å². The molecule has 1 aromatic rings. The monoisotopic (exact) mass is 392 g/mol. The molecule has 0 N–H and O–H groups in total. The minimum Gasteiger partial charge on any atom is -0.462 e. The van der Waals surface area contributed by atoms with Crippen LogP contribution in [0.1, 0.15) is 97.0 Å². The normalized spacial score (nSPS) is 13.0. The smallest absolute Gasteiger partial charge is 0.191 e. The zero-order valence-electron chi connectivity index (χ0n) is 18.9. The van der Waals surface area contributed by atoms with E-state index in [4.69, 9.17) is 8.84 Å². The number of aryl methyl sites for hydroxylation is 1. The molecule has 0 saturated heterocycles. The third kappa shape index (κ3) is 10.3. The second-order valence-corrected chi connectivity index (χ2v) is 14.1. The summed E-state index contributed by atoms with van der Waals surface area (Å²) in [6.45, 7) is 14.8. The number of unbranched alkanes of at least 4 members (excludes halogenated alkanes) is 7. The van der Waals surface area contributed by atoms with Gasteiger partial charge in [0.2, 0.25) is 0 Å². The lowest BCUT2D eigenvalue weighted by Crippen LogP contribution is -2.40. The summed E-state index contributed by atoms with van der Waals surface area (Å²) < 4.78 is 12.1. The number of hydrogen-bond acceptors (Lipinski definition) is 2. The summed E-state index contributed by atoms with van der Waals surface area (Å²) in [5, 5.41) is 0.323. The molecule has 0 radical (unpaired) electrons. The van der Waals surface area contributed by atoms with Gasteiger partial charge < -0.3 is 8.84 Å². The molecule has 1 heterocycles. The molecule has 0 spiro atoms. The molecule has 27 heavy (non-hydrogen) atoms. The third-order valence-corrected chi connectivity index (χ3v) is 10.3. The van der Waals surface area contributed by atoms with Crippen molar-refractivity contribution >= 4 is 14.4 Å². The molecule has 0 unspecified atom stereocenters. The molecule has 0 aliphatic heterocycles. The van der Waals surface area contributed by atoms with Crippen LogP contribution in [0.2, 0.25) is 18.1 Å². The van der Waals surface area contributed by atoms with Gasteiger partial charge in [-0.2, -0.15) is 0 Å². The molecule has 0 aliphatic carbocycles. The van der Waals surface area contributed by atoms with Crippen LogP contribution < -0.4 is 0 Å². The highest BCUT2D eigenvalue weighted by Gasteiger charge is 2.36. The van der Waals surface area contributed by atoms with Crippen molar-refractivity contribution < 1.29 is 8.84 Å². The molecule has 0 saturated carbocycles. The Kier molecular flexibility index (Phi) is 11.3. The van der Waals surface area contributed by atoms with Gasteiger partial charge in [-0.15, -0.1) is 0 Å². The molecular weight excluding hydrogens is 348 g/mol. The second kappa shape index (κ2) is 12.6. The molecule has 156 valence electrons. The van der Waals surface area contributed by atoms with Gasteiger partial charge in [0.1, 0.15) is 11.5 Å². The third-order valence-electron chi connectivity index (χ3n) is 5.78. The van der Waals surface area contributed by atoms with Crippen LogP contribution in [0.4, 0.5) is 0 Å². The van der Waals surface area contributed by atoms with Crippen molar-refractivity contribution in [1.29, 1.82) is 0 Å². The summed E-state index contributed by atoms with van der Waals surface area (Å²) in [6.07, 6.45) is 16.7. The first-order valence-corrected chi connectivity index (χ1v) is 14.1. The standard InChI is InChI=1S/C24H44O2Si/c1-7-8-9-14-17-22-19-20-23(26-22)18-15-12-10-11-13-16-21-25-27(5,6)24(2,3)4/h14,17,19-20H,7-13,15-16,18,21H2,1-6H3/b17-14+. The molecule has 0 atom stereocenters. The van der Waals surface area contributed by atoms with Crippen molar-refractivity contribution in [3.05, 3.63) is 29.7 Å². The maximum absolute atomic E-state index is 6.24. The van der Waals surface area contributed by atoms with E-state index in [0.717, 1.165) is 31.0 Å². The van der Waals surface area contributed by atoms with Gasteiger partial charge in [0.25, 0.3) is 0 Å². The van der Waals surface area contributed by atoms with Gasteiger partial charge in [-0.3, -0.25) is 0 Å². The van der Waals surface area contributed by atoms with Crippen LogP contribution in [0.15, 0.2) is 22.6 Å². The quantitative estimate of drug-likeness (QED) is 0.234. The lowest BCUT2D eigenvalue weighted by atomic mass is 10.1. The average Bonchev–Trinajstić information content (AvgIpc) is 3.04. The van der Waals surface area contributed by atoms with Gasteiger partial charge in [0.15, 0.2) is 8.32 Å². The van der Waals surface area contributed by atoms with Crippen LogP contribution in [-0.4, -0.2) is 14.9 Å². The summed E-state index contributed by atoms with van der Waals surface area (Å²) >= 11 is 0. The van der Waals surface area contributed by atoms with Gasteiger partial charge >= 0.3 is 0 Å². The molecule has 0 fully saturated rings. The summed E-state index contributed by atoms with van der Waals surface area (Å²) in [7, 11) is -1.55. The molecular formula is C24H44O2Si. The molecule has 0 amide bonds. The Morgan fingerprint density at radius 2 is 1.63 bits per heavy atom. The summed E-state index contributed by atoms with van der Waals surface area (Å²) in [4.78, 5) is 0. The van der Waals surface area contributed by atoms with Crippen molar-refractivity contribution in [3.63, 3.8) is 0 Å². The Hall–Kier alpha value is -0.803. The summed E-state index contributed by atoms with van der Waals surface area (Å²) in [5.41, 5.74) is 0. The van der Waals surface area contributed by atoms with Gasteiger partial charge in [-0.1, -0.05) is 72.3 Å². The average molecular weight is 393 g/mol. The van der Waals surface area contributed by atoms with Crippen LogP contribution in [0.3, 0.4) is 0 Å². The molecule has 1 rings (SSSR count). The van der Waals surface area contributed by atoms with Gasteiger partial charge in [-0.25, -0.2) is 0 Å². The molecule has 0 aliphatic rings. The highest BCUT2D eigenvalue weighted by molar-refractivity contribution is 6.74. The van der Waals surface area contributed by atoms with Gasteiger partial charge in [-0.05, 0) is 55.6 Å². The predicted octanol–water partition coefficient (Wildman–Crippen LogP) is 8.39. The number of hydrogen-bond donors (Lipinski definition) is 0. The van der Waals surface area contributed by atoms with E-state index in [1.807, 2.05) is 0 Å². The Morgan fingerprint density at radius 1 is 0.963 bits per heavy atom. The molecule has 2 nitrogen and oxygen atoms in total. The maximum atomic E-state index is 6.24. The fraction of sp³-hybridized carbons (Fsp3) is 0.750. The second-order valence-electron chi connectivity index (χ2n) is 9.33. The number of rotatable bonds is 14. The lowest BCUT2D eigenvalue weighted by Gasteiger charge is -2.36. The van der Waals surface area contributed by atoms with E-state index in [-0.39, 0.29) is 0 Å². The Labute approximate surface area is 169 Å². The largest absolute Gasteiger partial charge is 0.462 e. The van der Waals surface area contributed by atoms with E-state index in [2.05, 4.69) is 65.1 Å². The first-order chi connectivity index (χ1) is 12.8. The minimum atomic E-state index is -1.55. The van der Waals surface area contributed by atoms with Gasteiger partial charge in [0.05, 0.1) is 0 Å². The van der Waals surface area contributed by atoms with E-state index in [0.29, 0.717) is 5.04 Å². The fourth-order valence-corrected chi connectivity index (χ4v) is 3.88. The van der Waals surface area contributed by atoms with E-state index >= 15 is 0 Å². The topological polar surface area (TPSA) is 22.4 Å². The SMILES string of the molecule is CCCC/C=C/c1ccc(CCCCCCCCO[Si](C)(C)C(C)(C)C)o1. The molecule has 0 aromatic carbocycles. The first-order valence-electron chi connectivity index (χ1n) is 11.2. The van der Waals surface area contributed by atoms with Crippen molar-refractivity contribution in [2.75, 3.05) is 6.61 Å². The summed E-state index contributed by atoms with van der Waals surface area (Å²) in [5.74, 6) is 2.13. The van der Waals surface area contributed by atoms with E-state index in [9.17, 15) is 0 Å². The number of furan rings is 1. The van der Waals surface area contributed by atoms with E-state index < -0.39 is 8.32 Å². The zero-order chi connectivity index (χ0) is 20.2. The van der Waals surface area contributed by atoms with Crippen molar-refractivity contribution in [2.45, 2.75) is 110 Å². The van der Waals surface area contributed by atoms with Crippen molar-refractivity contribution in [2.24, 2.45) is 0 Å². The van der Waals surface area contributed by atoms with Crippen LogP contribution >= 0.6 is 0 Å². The van der Waals surface area contributed by atoms with Crippen LogP contribution in [0.25, 0.3) is 6.08 Å². The fourth-order valence-electron chi connectivity index (χ4n) is 2.79. The zero-order valence-corrected chi connectivity index (χ0v) is 19.9. The Morgan fingerprint density at radius 3 is 2.30 bits per heavy atom. The van der Waals surface area contributed by atoms with Crippen LogP contribution in [0, 0.1) is 0 Å². The highest BCUT2D eigenvalue weighted by atomic mass is 28.4. The van der Waals surface area contributed by atoms with Crippen LogP contribution in [-0.2, 0) is 10.8 Å². The first kappa shape index (κ1) is 24.2. The lowest BCUT2D eigenvalue weighted by molar-refractivity contribution is 0.277. The molecule has 1 aromatic heterocycles. The predicted molar refractivity (Wildman–Crippen MR) is 122 cm³/mol.